The third-order valence-electron chi connectivity index (χ3n) is 7.21. The van der Waals surface area contributed by atoms with Crippen LogP contribution in [0.15, 0.2) is 30.3 Å². The van der Waals surface area contributed by atoms with Gasteiger partial charge in [-0.25, -0.2) is 0 Å². The average molecular weight is 537 g/mol. The highest BCUT2D eigenvalue weighted by Gasteiger charge is 2.76. The van der Waals surface area contributed by atoms with Crippen LogP contribution in [0, 0.1) is 11.8 Å². The number of halogens is 1. The lowest BCUT2D eigenvalue weighted by Crippen LogP contribution is -2.55. The zero-order valence-electron chi connectivity index (χ0n) is 19.5. The van der Waals surface area contributed by atoms with Crippen LogP contribution in [-0.4, -0.2) is 70.1 Å². The second kappa shape index (κ2) is 10.7. The monoisotopic (exact) mass is 536 g/mol. The van der Waals surface area contributed by atoms with Crippen molar-refractivity contribution in [3.8, 4) is 0 Å². The molecule has 2 N–H and O–H groups in total. The molecule has 1 aromatic carbocycles. The second-order valence-corrected chi connectivity index (χ2v) is 10.5. The van der Waals surface area contributed by atoms with E-state index in [1.807, 2.05) is 30.3 Å². The van der Waals surface area contributed by atoms with Gasteiger partial charge in [0.2, 0.25) is 11.8 Å². The van der Waals surface area contributed by atoms with Crippen molar-refractivity contribution in [1.82, 2.24) is 10.2 Å². The van der Waals surface area contributed by atoms with E-state index < -0.39 is 35.6 Å². The Morgan fingerprint density at radius 3 is 2.68 bits per heavy atom. The van der Waals surface area contributed by atoms with Crippen LogP contribution < -0.4 is 5.32 Å². The number of benzene rings is 1. The molecule has 3 unspecified atom stereocenters. The Morgan fingerprint density at radius 1 is 1.24 bits per heavy atom. The Hall–Kier alpha value is -1.97. The zero-order chi connectivity index (χ0) is 24.3. The van der Waals surface area contributed by atoms with Crippen LogP contribution in [0.5, 0.6) is 0 Å². The molecule has 0 aliphatic carbocycles. The van der Waals surface area contributed by atoms with Crippen molar-refractivity contribution in [3.63, 3.8) is 0 Å². The number of aliphatic hydroxyl groups is 1. The molecule has 1 spiro atoms. The van der Waals surface area contributed by atoms with E-state index in [9.17, 15) is 14.4 Å². The van der Waals surface area contributed by atoms with E-state index in [0.717, 1.165) is 18.4 Å². The molecule has 3 aliphatic heterocycles. The van der Waals surface area contributed by atoms with Gasteiger partial charge in [0.05, 0.1) is 24.5 Å². The van der Waals surface area contributed by atoms with Gasteiger partial charge < -0.3 is 24.8 Å². The van der Waals surface area contributed by atoms with E-state index >= 15 is 0 Å². The molecule has 0 saturated carbocycles. The molecule has 186 valence electrons. The lowest BCUT2D eigenvalue weighted by atomic mass is 9.70. The third-order valence-corrected chi connectivity index (χ3v) is 8.06. The topological polar surface area (TPSA) is 105 Å². The molecule has 1 aromatic rings. The smallest absolute Gasteiger partial charge is 0.312 e. The molecule has 34 heavy (non-hydrogen) atoms. The summed E-state index contributed by atoms with van der Waals surface area (Å²) in [7, 11) is 0. The first-order valence-electron chi connectivity index (χ1n) is 12.2. The minimum Gasteiger partial charge on any atom is -0.466 e. The van der Waals surface area contributed by atoms with Gasteiger partial charge in [-0.05, 0) is 31.7 Å². The van der Waals surface area contributed by atoms with Gasteiger partial charge in [-0.1, -0.05) is 59.1 Å². The number of carbonyl (C=O) groups is 3. The van der Waals surface area contributed by atoms with Crippen molar-refractivity contribution in [2.24, 2.45) is 11.8 Å². The number of nitrogens with zero attached hydrogens (tertiary/aromatic N) is 1. The summed E-state index contributed by atoms with van der Waals surface area (Å²) in [6.07, 6.45) is 3.10. The normalized spacial score (nSPS) is 31.6. The number of nitrogens with one attached hydrogen (secondary N) is 1. The highest BCUT2D eigenvalue weighted by molar-refractivity contribution is 9.09. The zero-order valence-corrected chi connectivity index (χ0v) is 21.0. The maximum Gasteiger partial charge on any atom is 0.312 e. The van der Waals surface area contributed by atoms with Crippen LogP contribution in [0.3, 0.4) is 0 Å². The largest absolute Gasteiger partial charge is 0.466 e. The number of esters is 1. The number of hydrogen-bond donors (Lipinski definition) is 2. The first-order valence-corrected chi connectivity index (χ1v) is 13.1. The minimum absolute atomic E-state index is 0.139. The summed E-state index contributed by atoms with van der Waals surface area (Å²) in [4.78, 5) is 41.7. The average Bonchev–Trinajstić information content (AvgIpc) is 3.42. The number of carbonyl (C=O) groups excluding carboxylic acids is 3. The predicted molar refractivity (Wildman–Crippen MR) is 128 cm³/mol. The molecule has 2 amide bonds. The molecule has 3 aliphatic rings. The van der Waals surface area contributed by atoms with Crippen molar-refractivity contribution in [2.75, 3.05) is 19.8 Å². The Bertz CT molecular complexity index is 899. The molecule has 6 atom stereocenters. The molecule has 3 fully saturated rings. The highest BCUT2D eigenvalue weighted by Crippen LogP contribution is 2.60. The van der Waals surface area contributed by atoms with Crippen LogP contribution in [0.1, 0.15) is 44.6 Å². The fraction of sp³-hybridized carbons (Fsp3) is 0.640. The molecular formula is C25H33BrN2O6. The van der Waals surface area contributed by atoms with Crippen LogP contribution in [-0.2, 0) is 30.4 Å². The van der Waals surface area contributed by atoms with Crippen molar-refractivity contribution in [3.05, 3.63) is 35.9 Å². The summed E-state index contributed by atoms with van der Waals surface area (Å²) < 4.78 is 11.7. The van der Waals surface area contributed by atoms with Gasteiger partial charge in [-0.3, -0.25) is 14.4 Å². The summed E-state index contributed by atoms with van der Waals surface area (Å²) >= 11 is 3.64. The van der Waals surface area contributed by atoms with E-state index in [4.69, 9.17) is 14.6 Å². The van der Waals surface area contributed by atoms with E-state index in [2.05, 4.69) is 21.2 Å². The number of aliphatic hydroxyl groups excluding tert-OH is 1. The Balaban J connectivity index is 1.59. The van der Waals surface area contributed by atoms with Crippen LogP contribution in [0.4, 0.5) is 0 Å². The highest BCUT2D eigenvalue weighted by atomic mass is 79.9. The number of likely N-dealkylation sites (tertiary alicyclic amines) is 1. The first kappa shape index (κ1) is 25.1. The second-order valence-electron chi connectivity index (χ2n) is 9.29. The molecular weight excluding hydrogens is 504 g/mol. The number of hydrogen-bond acceptors (Lipinski definition) is 6. The number of fused-ring (bicyclic) bond motifs is 1. The van der Waals surface area contributed by atoms with Gasteiger partial charge in [-0.15, -0.1) is 0 Å². The Labute approximate surface area is 208 Å². The van der Waals surface area contributed by atoms with Gasteiger partial charge in [0.1, 0.15) is 11.6 Å². The summed E-state index contributed by atoms with van der Waals surface area (Å²) in [5.74, 6) is -2.36. The van der Waals surface area contributed by atoms with E-state index in [1.54, 1.807) is 11.8 Å². The fourth-order valence-corrected chi connectivity index (χ4v) is 6.75. The predicted octanol–water partition coefficient (Wildman–Crippen LogP) is 2.17. The fourth-order valence-electron chi connectivity index (χ4n) is 5.81. The van der Waals surface area contributed by atoms with Crippen LogP contribution in [0.2, 0.25) is 0 Å². The van der Waals surface area contributed by atoms with E-state index in [0.29, 0.717) is 32.4 Å². The molecule has 3 heterocycles. The van der Waals surface area contributed by atoms with Gasteiger partial charge in [0.15, 0.2) is 0 Å². The SMILES string of the molecule is CCOC(=O)[C@H]1[C@@H]2OC3(CC2Br)C(C(=O)NCc2ccccc2)N(CCCCCCO)C(=O)[C@H]13. The minimum atomic E-state index is -1.06. The quantitative estimate of drug-likeness (QED) is 0.255. The summed E-state index contributed by atoms with van der Waals surface area (Å²) in [5, 5.41) is 12.0. The number of unbranched alkanes of at least 4 members (excludes halogenated alkanes) is 3. The van der Waals surface area contributed by atoms with Gasteiger partial charge in [-0.2, -0.15) is 0 Å². The Morgan fingerprint density at radius 2 is 1.97 bits per heavy atom. The molecule has 8 nitrogen and oxygen atoms in total. The van der Waals surface area contributed by atoms with E-state index in [1.165, 1.54) is 0 Å². The number of rotatable bonds is 11. The van der Waals surface area contributed by atoms with Crippen LogP contribution >= 0.6 is 15.9 Å². The molecule has 2 bridgehead atoms. The van der Waals surface area contributed by atoms with Gasteiger partial charge >= 0.3 is 5.97 Å². The summed E-state index contributed by atoms with van der Waals surface area (Å²) in [5.41, 5.74) is -0.0941. The van der Waals surface area contributed by atoms with Crippen molar-refractivity contribution < 1.29 is 29.0 Å². The maximum absolute atomic E-state index is 13.7. The lowest BCUT2D eigenvalue weighted by Gasteiger charge is -2.34. The van der Waals surface area contributed by atoms with E-state index in [-0.39, 0.29) is 29.9 Å². The van der Waals surface area contributed by atoms with Crippen molar-refractivity contribution in [1.29, 1.82) is 0 Å². The third kappa shape index (κ3) is 4.50. The first-order chi connectivity index (χ1) is 16.4. The number of alkyl halides is 1. The molecule has 0 aromatic heterocycles. The lowest BCUT2D eigenvalue weighted by molar-refractivity contribution is -0.154. The number of ether oxygens (including phenoxy) is 2. The standard InChI is InChI=1S/C25H33BrN2O6/c1-2-33-24(32)18-19-23(31)28(12-8-3-4-9-13-29)21(25(19)14-17(26)20(18)34-25)22(30)27-15-16-10-6-5-7-11-16/h5-7,10-11,17-21,29H,2-4,8-9,12-15H2,1H3,(H,27,30)/t17?,18-,19+,20-,21?,25?/m1/s1. The molecule has 0 radical (unpaired) electrons. The van der Waals surface area contributed by atoms with Crippen molar-refractivity contribution >= 4 is 33.7 Å². The molecule has 4 rings (SSSR count). The Kier molecular flexibility index (Phi) is 7.94. The van der Waals surface area contributed by atoms with Crippen LogP contribution in [0.25, 0.3) is 0 Å². The number of amides is 2. The van der Waals surface area contributed by atoms with Gasteiger partial charge in [0.25, 0.3) is 0 Å². The summed E-state index contributed by atoms with van der Waals surface area (Å²) in [6.45, 7) is 2.85. The molecule has 3 saturated heterocycles. The summed E-state index contributed by atoms with van der Waals surface area (Å²) in [6, 6.07) is 8.80. The van der Waals surface area contributed by atoms with Gasteiger partial charge in [0, 0.05) is 24.5 Å². The van der Waals surface area contributed by atoms with Crippen molar-refractivity contribution in [2.45, 2.75) is 68.1 Å². The maximum atomic E-state index is 13.7. The molecule has 9 heteroatoms.